The lowest BCUT2D eigenvalue weighted by atomic mass is 10.0. The molecule has 42 heavy (non-hydrogen) atoms. The molecule has 0 unspecified atom stereocenters. The van der Waals surface area contributed by atoms with Crippen LogP contribution < -0.4 is 5.32 Å². The third kappa shape index (κ3) is 6.96. The van der Waals surface area contributed by atoms with Crippen molar-refractivity contribution in [2.24, 2.45) is 0 Å². The van der Waals surface area contributed by atoms with Crippen LogP contribution in [0.4, 0.5) is 0 Å². The zero-order valence-corrected chi connectivity index (χ0v) is 25.2. The van der Waals surface area contributed by atoms with Crippen LogP contribution >= 0.6 is 0 Å². The summed E-state index contributed by atoms with van der Waals surface area (Å²) in [5, 5.41) is 24.1. The van der Waals surface area contributed by atoms with E-state index in [1.807, 2.05) is 4.90 Å². The molecule has 234 valence electrons. The number of rotatable bonds is 4. The highest BCUT2D eigenvalue weighted by atomic mass is 32.2. The molecule has 4 fully saturated rings. The fraction of sp³-hybridized carbons (Fsp3) is 0.692. The molecule has 16 heteroatoms. The Morgan fingerprint density at radius 1 is 0.952 bits per heavy atom. The number of likely N-dealkylation sites (tertiary alicyclic amines) is 1. The van der Waals surface area contributed by atoms with E-state index in [0.29, 0.717) is 26.1 Å². The summed E-state index contributed by atoms with van der Waals surface area (Å²) in [4.78, 5) is 30.6. The number of nitrogens with zero attached hydrogens (tertiary/aromatic N) is 3. The van der Waals surface area contributed by atoms with Crippen molar-refractivity contribution in [3.8, 4) is 0 Å². The smallest absolute Gasteiger partial charge is 0.240 e. The van der Waals surface area contributed by atoms with Crippen molar-refractivity contribution in [2.45, 2.75) is 66.9 Å². The Kier molecular flexibility index (Phi) is 8.98. The van der Waals surface area contributed by atoms with Gasteiger partial charge in [-0.2, -0.15) is 4.31 Å². The van der Waals surface area contributed by atoms with Gasteiger partial charge in [-0.05, 0) is 24.1 Å². The Morgan fingerprint density at radius 3 is 2.31 bits per heavy atom. The lowest BCUT2D eigenvalue weighted by Crippen LogP contribution is -2.55. The van der Waals surface area contributed by atoms with Gasteiger partial charge in [0.25, 0.3) is 0 Å². The van der Waals surface area contributed by atoms with E-state index in [1.165, 1.54) is 12.1 Å². The van der Waals surface area contributed by atoms with Gasteiger partial charge in [-0.3, -0.25) is 14.5 Å². The van der Waals surface area contributed by atoms with Gasteiger partial charge in [0, 0.05) is 51.6 Å². The molecule has 4 saturated heterocycles. The molecule has 6 bridgehead atoms. The van der Waals surface area contributed by atoms with Crippen LogP contribution in [0.5, 0.6) is 0 Å². The van der Waals surface area contributed by atoms with Crippen molar-refractivity contribution >= 4 is 31.7 Å². The first-order chi connectivity index (χ1) is 19.7. The molecular weight excluding hydrogens is 592 g/mol. The number of morpholine rings is 1. The molecule has 4 aliphatic heterocycles. The van der Waals surface area contributed by atoms with Crippen LogP contribution in [0, 0.1) is 0 Å². The minimum absolute atomic E-state index is 0.0832. The summed E-state index contributed by atoms with van der Waals surface area (Å²) in [6.45, 7) is 1.02. The van der Waals surface area contributed by atoms with Gasteiger partial charge in [0.15, 0.2) is 9.84 Å². The first-order valence-electron chi connectivity index (χ1n) is 13.9. The van der Waals surface area contributed by atoms with Gasteiger partial charge in [-0.1, -0.05) is 12.1 Å². The Labute approximate surface area is 245 Å². The van der Waals surface area contributed by atoms with E-state index in [2.05, 4.69) is 5.32 Å². The van der Waals surface area contributed by atoms with Crippen molar-refractivity contribution < 1.29 is 46.1 Å². The van der Waals surface area contributed by atoms with E-state index in [0.717, 1.165) is 22.4 Å². The normalized spacial score (nSPS) is 34.0. The minimum Gasteiger partial charge on any atom is -0.388 e. The summed E-state index contributed by atoms with van der Waals surface area (Å²) < 4.78 is 61.8. The Hall–Kier alpha value is -2.18. The number of aliphatic hydroxyl groups is 2. The van der Waals surface area contributed by atoms with Crippen LogP contribution in [0.15, 0.2) is 29.2 Å². The summed E-state index contributed by atoms with van der Waals surface area (Å²) in [6.07, 6.45) is -3.27. The van der Waals surface area contributed by atoms with Crippen LogP contribution in [-0.4, -0.2) is 147 Å². The van der Waals surface area contributed by atoms with Crippen LogP contribution in [-0.2, 0) is 45.5 Å². The van der Waals surface area contributed by atoms with Gasteiger partial charge in [0.1, 0.15) is 18.3 Å². The number of benzene rings is 1. The Balaban J connectivity index is 1.41. The van der Waals surface area contributed by atoms with Gasteiger partial charge in [-0.15, -0.1) is 0 Å². The van der Waals surface area contributed by atoms with Crippen molar-refractivity contribution in [1.29, 1.82) is 0 Å². The summed E-state index contributed by atoms with van der Waals surface area (Å²) in [5.74, 6) is -0.596. The predicted molar refractivity (Wildman–Crippen MR) is 148 cm³/mol. The third-order valence-electron chi connectivity index (χ3n) is 8.35. The van der Waals surface area contributed by atoms with E-state index in [-0.39, 0.29) is 49.5 Å². The van der Waals surface area contributed by atoms with Crippen molar-refractivity contribution in [1.82, 2.24) is 19.4 Å². The number of aliphatic hydroxyl groups excluding tert-OH is 2. The van der Waals surface area contributed by atoms with Gasteiger partial charge in [-0.25, -0.2) is 16.8 Å². The second-order valence-corrected chi connectivity index (χ2v) is 15.6. The van der Waals surface area contributed by atoms with E-state index in [1.54, 1.807) is 17.0 Å². The number of sulfonamides is 1. The first kappa shape index (κ1) is 31.3. The number of amides is 2. The monoisotopic (exact) mass is 630 g/mol. The van der Waals surface area contributed by atoms with E-state index in [9.17, 15) is 36.6 Å². The minimum atomic E-state index is -3.78. The maximum absolute atomic E-state index is 13.9. The lowest BCUT2D eigenvalue weighted by molar-refractivity contribution is -0.144. The molecule has 7 atom stereocenters. The fourth-order valence-corrected chi connectivity index (χ4v) is 7.63. The maximum atomic E-state index is 13.9. The van der Waals surface area contributed by atoms with Crippen LogP contribution in [0.25, 0.3) is 0 Å². The third-order valence-corrected chi connectivity index (χ3v) is 10.7. The number of carbonyl (C=O) groups excluding carboxylic acids is 2. The lowest BCUT2D eigenvalue weighted by Gasteiger charge is -2.38. The molecule has 0 spiro atoms. The number of hydrogen-bond acceptors (Lipinski definition) is 11. The highest BCUT2D eigenvalue weighted by Crippen LogP contribution is 2.28. The van der Waals surface area contributed by atoms with Gasteiger partial charge in [0.2, 0.25) is 21.8 Å². The SMILES string of the molecule is CS(=O)(=O)c1ccc(CN2C[C@@H]3C[C@H]2C(=O)N2CCO[C@@H](C2)CN(S(C)(=O)=O)C[C@H]2O[C@@H](CC(=O)N3)[C@H](O)[C@@H]2O)cc1. The number of nitrogens with one attached hydrogen (secondary N) is 1. The molecule has 4 aliphatic rings. The quantitative estimate of drug-likeness (QED) is 0.321. The standard InChI is InChI=1S/C26H38N4O10S2/c1-41(35,36)19-5-3-16(4-6-19)11-29-12-17-9-20(29)26(34)28-7-8-39-18(13-28)14-30(42(2,37)38)15-22-25(33)24(32)21(40-22)10-23(31)27-17/h3-6,17-18,20-22,24-25,32-33H,7-15H2,1-2H3,(H,27,31)/t17-,18-,20-,21-,22+,24-,25+/m0/s1. The Morgan fingerprint density at radius 2 is 1.64 bits per heavy atom. The van der Waals surface area contributed by atoms with Gasteiger partial charge < -0.3 is 29.9 Å². The second kappa shape index (κ2) is 12.1. The number of carbonyl (C=O) groups is 2. The molecule has 1 aromatic carbocycles. The van der Waals surface area contributed by atoms with Crippen molar-refractivity contribution in [2.75, 3.05) is 51.8 Å². The highest BCUT2D eigenvalue weighted by Gasteiger charge is 2.46. The topological polar surface area (TPSA) is 183 Å². The van der Waals surface area contributed by atoms with Crippen LogP contribution in [0.3, 0.4) is 0 Å². The average molecular weight is 631 g/mol. The van der Waals surface area contributed by atoms with Gasteiger partial charge >= 0.3 is 0 Å². The van der Waals surface area contributed by atoms with Gasteiger partial charge in [0.05, 0.1) is 42.4 Å². The molecule has 4 heterocycles. The molecule has 3 N–H and O–H groups in total. The molecule has 2 amide bonds. The molecule has 0 saturated carbocycles. The molecule has 14 nitrogen and oxygen atoms in total. The largest absolute Gasteiger partial charge is 0.388 e. The molecule has 0 aromatic heterocycles. The number of sulfone groups is 1. The van der Waals surface area contributed by atoms with E-state index < -0.39 is 62.3 Å². The van der Waals surface area contributed by atoms with Crippen LogP contribution in [0.2, 0.25) is 0 Å². The number of ether oxygens (including phenoxy) is 2. The van der Waals surface area contributed by atoms with E-state index >= 15 is 0 Å². The highest BCUT2D eigenvalue weighted by molar-refractivity contribution is 7.90. The fourth-order valence-electron chi connectivity index (χ4n) is 6.14. The molecule has 0 aliphatic carbocycles. The summed E-state index contributed by atoms with van der Waals surface area (Å²) in [6, 6.07) is 5.46. The molecular formula is C26H38N4O10S2. The molecule has 1 aromatic rings. The zero-order valence-electron chi connectivity index (χ0n) is 23.5. The second-order valence-electron chi connectivity index (χ2n) is 11.6. The van der Waals surface area contributed by atoms with E-state index in [4.69, 9.17) is 9.47 Å². The average Bonchev–Trinajstić information content (AvgIpc) is 3.42. The summed E-state index contributed by atoms with van der Waals surface area (Å²) in [7, 11) is -7.15. The Bertz CT molecular complexity index is 1390. The molecule has 0 radical (unpaired) electrons. The van der Waals surface area contributed by atoms with Crippen molar-refractivity contribution in [3.05, 3.63) is 29.8 Å². The maximum Gasteiger partial charge on any atom is 0.240 e. The first-order valence-corrected chi connectivity index (χ1v) is 17.6. The summed E-state index contributed by atoms with van der Waals surface area (Å²) >= 11 is 0. The zero-order chi connectivity index (χ0) is 30.4. The predicted octanol–water partition coefficient (Wildman–Crippen LogP) is -2.47. The number of fused-ring (bicyclic) bond motifs is 6. The molecule has 5 rings (SSSR count). The van der Waals surface area contributed by atoms with Crippen LogP contribution in [0.1, 0.15) is 18.4 Å². The summed E-state index contributed by atoms with van der Waals surface area (Å²) in [5.41, 5.74) is 0.796. The van der Waals surface area contributed by atoms with Crippen molar-refractivity contribution in [3.63, 3.8) is 0 Å². The number of hydrogen-bond donors (Lipinski definition) is 3.